The second kappa shape index (κ2) is 12.7. The summed E-state index contributed by atoms with van der Waals surface area (Å²) >= 11 is 0. The van der Waals surface area contributed by atoms with Crippen molar-refractivity contribution in [1.82, 2.24) is 9.88 Å². The van der Waals surface area contributed by atoms with Crippen LogP contribution in [0.2, 0.25) is 0 Å². The lowest BCUT2D eigenvalue weighted by Crippen LogP contribution is -2.29. The predicted octanol–water partition coefficient (Wildman–Crippen LogP) is 6.44. The number of benzene rings is 3. The molecule has 1 aliphatic rings. The number of nitrogens with zero attached hydrogens (tertiary/aromatic N) is 3. The fourth-order valence-corrected chi connectivity index (χ4v) is 5.38. The molecule has 1 fully saturated rings. The lowest BCUT2D eigenvalue weighted by molar-refractivity contribution is -0.140. The van der Waals surface area contributed by atoms with E-state index in [1.807, 2.05) is 67.6 Å². The van der Waals surface area contributed by atoms with Gasteiger partial charge in [-0.2, -0.15) is 0 Å². The summed E-state index contributed by atoms with van der Waals surface area (Å²) in [7, 11) is 0. The van der Waals surface area contributed by atoms with Gasteiger partial charge in [-0.3, -0.25) is 14.6 Å². The average Bonchev–Trinajstić information content (AvgIpc) is 3.27. The average molecular weight is 562 g/mol. The molecular weight excluding hydrogens is 526 g/mol. The molecule has 1 N–H and O–H groups in total. The molecule has 1 atom stereocenters. The predicted molar refractivity (Wildman–Crippen MR) is 164 cm³/mol. The highest BCUT2D eigenvalue weighted by molar-refractivity contribution is 6.46. The Bertz CT molecular complexity index is 1580. The number of carbonyl (C=O) groups is 2. The second-order valence-electron chi connectivity index (χ2n) is 10.3. The number of aliphatic hydroxyl groups is 1. The topological polar surface area (TPSA) is 83.0 Å². The number of ketones is 1. The molecule has 5 rings (SSSR count). The number of rotatable bonds is 10. The number of aliphatic hydroxyl groups excluding tert-OH is 1. The molecule has 1 unspecified atom stereocenters. The first-order valence-corrected chi connectivity index (χ1v) is 14.2. The SMILES string of the molecule is CCN(CC)c1ccc(C2/C(=C(/O)c3ccc(OCc4ccccc4)c(C)c3)C(=O)C(=O)N2Cc2cccnc2)cc1. The van der Waals surface area contributed by atoms with Gasteiger partial charge in [0.1, 0.15) is 18.1 Å². The lowest BCUT2D eigenvalue weighted by atomic mass is 9.94. The second-order valence-corrected chi connectivity index (χ2v) is 10.3. The van der Waals surface area contributed by atoms with Gasteiger partial charge in [0.2, 0.25) is 0 Å². The molecule has 1 aromatic heterocycles. The van der Waals surface area contributed by atoms with Crippen LogP contribution in [0, 0.1) is 6.92 Å². The van der Waals surface area contributed by atoms with Crippen LogP contribution in [0.1, 0.15) is 47.7 Å². The molecule has 3 aromatic carbocycles. The van der Waals surface area contributed by atoms with Crippen molar-refractivity contribution in [3.63, 3.8) is 0 Å². The van der Waals surface area contributed by atoms with Gasteiger partial charge in [0, 0.05) is 43.3 Å². The monoisotopic (exact) mass is 561 g/mol. The van der Waals surface area contributed by atoms with Crippen molar-refractivity contribution in [2.75, 3.05) is 18.0 Å². The Morgan fingerprint density at radius 2 is 1.64 bits per heavy atom. The third kappa shape index (κ3) is 5.91. The lowest BCUT2D eigenvalue weighted by Gasteiger charge is -2.26. The van der Waals surface area contributed by atoms with Gasteiger partial charge in [-0.05, 0) is 79.4 Å². The van der Waals surface area contributed by atoms with E-state index in [-0.39, 0.29) is 17.9 Å². The van der Waals surface area contributed by atoms with Crippen LogP contribution in [0.5, 0.6) is 5.75 Å². The Hall–Kier alpha value is -4.91. The zero-order chi connectivity index (χ0) is 29.6. The van der Waals surface area contributed by atoms with Gasteiger partial charge >= 0.3 is 0 Å². The maximum absolute atomic E-state index is 13.5. The Labute approximate surface area is 246 Å². The molecule has 1 amide bonds. The Morgan fingerprint density at radius 3 is 2.29 bits per heavy atom. The number of amides is 1. The fourth-order valence-electron chi connectivity index (χ4n) is 5.38. The minimum Gasteiger partial charge on any atom is -0.507 e. The summed E-state index contributed by atoms with van der Waals surface area (Å²) in [6.45, 7) is 8.40. The maximum Gasteiger partial charge on any atom is 0.295 e. The summed E-state index contributed by atoms with van der Waals surface area (Å²) in [6.07, 6.45) is 3.34. The van der Waals surface area contributed by atoms with Gasteiger partial charge in [-0.15, -0.1) is 0 Å². The first kappa shape index (κ1) is 28.6. The number of aryl methyl sites for hydroxylation is 1. The van der Waals surface area contributed by atoms with Gasteiger partial charge in [0.05, 0.1) is 11.6 Å². The van der Waals surface area contributed by atoms with E-state index in [1.54, 1.807) is 36.7 Å². The van der Waals surface area contributed by atoms with Gasteiger partial charge < -0.3 is 19.6 Å². The standard InChI is InChI=1S/C35H35N3O4/c1-4-37(5-2)29-16-13-27(14-17-29)32-31(34(40)35(41)38(32)22-26-12-9-19-36-21-26)33(39)28-15-18-30(24(3)20-28)42-23-25-10-7-6-8-11-25/h6-21,32,39H,4-5,22-23H2,1-3H3/b33-31-. The van der Waals surface area contributed by atoms with Crippen molar-refractivity contribution in [2.24, 2.45) is 0 Å². The number of likely N-dealkylation sites (tertiary alicyclic amines) is 1. The van der Waals surface area contributed by atoms with E-state index in [0.717, 1.165) is 41.0 Å². The minimum absolute atomic E-state index is 0.0665. The van der Waals surface area contributed by atoms with E-state index in [2.05, 4.69) is 23.7 Å². The zero-order valence-electron chi connectivity index (χ0n) is 24.2. The van der Waals surface area contributed by atoms with Crippen LogP contribution in [0.3, 0.4) is 0 Å². The molecule has 2 heterocycles. The van der Waals surface area contributed by atoms with Crippen molar-refractivity contribution in [3.05, 3.63) is 131 Å². The first-order valence-electron chi connectivity index (χ1n) is 14.2. The molecule has 7 nitrogen and oxygen atoms in total. The van der Waals surface area contributed by atoms with E-state index in [4.69, 9.17) is 4.74 Å². The maximum atomic E-state index is 13.5. The number of hydrogen-bond acceptors (Lipinski definition) is 6. The van der Waals surface area contributed by atoms with Crippen LogP contribution >= 0.6 is 0 Å². The van der Waals surface area contributed by atoms with Crippen LogP contribution in [-0.4, -0.2) is 39.8 Å². The molecule has 4 aromatic rings. The zero-order valence-corrected chi connectivity index (χ0v) is 24.2. The minimum atomic E-state index is -0.759. The van der Waals surface area contributed by atoms with Gasteiger partial charge in [0.15, 0.2) is 0 Å². The third-order valence-electron chi connectivity index (χ3n) is 7.64. The van der Waals surface area contributed by atoms with Crippen molar-refractivity contribution in [2.45, 2.75) is 40.0 Å². The Balaban J connectivity index is 1.52. The fraction of sp³-hybridized carbons (Fsp3) is 0.229. The summed E-state index contributed by atoms with van der Waals surface area (Å²) in [5.41, 5.74) is 4.95. The molecule has 0 spiro atoms. The number of carbonyl (C=O) groups excluding carboxylic acids is 2. The highest BCUT2D eigenvalue weighted by Gasteiger charge is 2.46. The van der Waals surface area contributed by atoms with Gasteiger partial charge in [-0.25, -0.2) is 0 Å². The molecule has 42 heavy (non-hydrogen) atoms. The van der Waals surface area contributed by atoms with E-state index in [0.29, 0.717) is 17.9 Å². The molecule has 0 aliphatic carbocycles. The molecule has 0 saturated carbocycles. The van der Waals surface area contributed by atoms with E-state index in [1.165, 1.54) is 4.90 Å². The number of ether oxygens (including phenoxy) is 1. The number of Topliss-reactive ketones (excluding diaryl/α,β-unsaturated/α-hetero) is 1. The van der Waals surface area contributed by atoms with Crippen LogP contribution in [0.15, 0.2) is 103 Å². The summed E-state index contributed by atoms with van der Waals surface area (Å²) in [5.74, 6) is -0.900. The first-order chi connectivity index (χ1) is 20.4. The summed E-state index contributed by atoms with van der Waals surface area (Å²) in [6, 6.07) is 25.9. The van der Waals surface area contributed by atoms with E-state index < -0.39 is 17.7 Å². The number of aromatic nitrogens is 1. The van der Waals surface area contributed by atoms with Crippen LogP contribution in [-0.2, 0) is 22.7 Å². The van der Waals surface area contributed by atoms with E-state index in [9.17, 15) is 14.7 Å². The highest BCUT2D eigenvalue weighted by Crippen LogP contribution is 2.41. The molecule has 0 bridgehead atoms. The molecule has 0 radical (unpaired) electrons. The normalized spacial score (nSPS) is 16.1. The molecule has 1 saturated heterocycles. The van der Waals surface area contributed by atoms with Crippen LogP contribution in [0.25, 0.3) is 5.76 Å². The molecule has 1 aliphatic heterocycles. The van der Waals surface area contributed by atoms with E-state index >= 15 is 0 Å². The molecule has 214 valence electrons. The van der Waals surface area contributed by atoms with Crippen molar-refractivity contribution >= 4 is 23.1 Å². The van der Waals surface area contributed by atoms with Crippen molar-refractivity contribution in [1.29, 1.82) is 0 Å². The quantitative estimate of drug-likeness (QED) is 0.136. The smallest absolute Gasteiger partial charge is 0.295 e. The number of anilines is 1. The number of pyridine rings is 1. The third-order valence-corrected chi connectivity index (χ3v) is 7.64. The number of hydrogen-bond donors (Lipinski definition) is 1. The van der Waals surface area contributed by atoms with Gasteiger partial charge in [-0.1, -0.05) is 48.5 Å². The van der Waals surface area contributed by atoms with Gasteiger partial charge in [0.25, 0.3) is 11.7 Å². The largest absolute Gasteiger partial charge is 0.507 e. The van der Waals surface area contributed by atoms with Crippen LogP contribution in [0.4, 0.5) is 5.69 Å². The molecular formula is C35H35N3O4. The Kier molecular flexibility index (Phi) is 8.67. The highest BCUT2D eigenvalue weighted by atomic mass is 16.5. The summed E-state index contributed by atoms with van der Waals surface area (Å²) in [5, 5.41) is 11.6. The summed E-state index contributed by atoms with van der Waals surface area (Å²) in [4.78, 5) is 34.9. The molecule has 7 heteroatoms. The van der Waals surface area contributed by atoms with Crippen molar-refractivity contribution in [3.8, 4) is 5.75 Å². The Morgan fingerprint density at radius 1 is 0.929 bits per heavy atom. The van der Waals surface area contributed by atoms with Crippen molar-refractivity contribution < 1.29 is 19.4 Å². The van der Waals surface area contributed by atoms with Crippen LogP contribution < -0.4 is 9.64 Å². The summed E-state index contributed by atoms with van der Waals surface area (Å²) < 4.78 is 6.01.